The molecule has 768 valence electrons. The number of carboxylic acids is 2. The Hall–Kier alpha value is -4.72. The predicted molar refractivity (Wildman–Crippen MR) is 460 cm³/mol. The highest BCUT2D eigenvalue weighted by Crippen LogP contribution is 2.43. The monoisotopic (exact) mass is 1910 g/mol. The van der Waals surface area contributed by atoms with Gasteiger partial charge in [0.05, 0.1) is 82.7 Å². The minimum Gasteiger partial charge on any atom is -0.477 e. The van der Waals surface area contributed by atoms with Crippen molar-refractivity contribution >= 4 is 35.6 Å². The van der Waals surface area contributed by atoms with Gasteiger partial charge >= 0.3 is 11.9 Å². The van der Waals surface area contributed by atoms with Crippen LogP contribution in [0.1, 0.15) is 246 Å². The zero-order chi connectivity index (χ0) is 97.4. The number of hydrogen-bond donors (Lipinski definition) is 26. The molecule has 44 nitrogen and oxygen atoms in total. The molecule has 0 aromatic heterocycles. The lowest BCUT2D eigenvalue weighted by molar-refractivity contribution is -0.405. The second-order valence-corrected chi connectivity index (χ2v) is 35.7. The molecule has 0 aromatic rings. The molecule has 0 bridgehead atoms. The van der Waals surface area contributed by atoms with Gasteiger partial charge in [0.15, 0.2) is 25.2 Å². The fourth-order valence-electron chi connectivity index (χ4n) is 17.6. The normalized spacial score (nSPS) is 34.2. The van der Waals surface area contributed by atoms with Crippen molar-refractivity contribution in [3.05, 3.63) is 12.2 Å². The molecule has 0 spiro atoms. The average Bonchev–Trinajstić information content (AvgIpc) is 0.750. The number of carbonyl (C=O) groups excluding carboxylic acids is 4. The van der Waals surface area contributed by atoms with E-state index < -0.39 is 309 Å². The number of aliphatic hydroxyl groups is 20. The molecule has 44 heteroatoms. The van der Waals surface area contributed by atoms with Crippen molar-refractivity contribution < 1.29 is 198 Å². The molecule has 0 radical (unpaired) electrons. The number of aliphatic hydroxyl groups excluding tert-OH is 20. The lowest BCUT2D eigenvalue weighted by atomic mass is 9.88. The summed E-state index contributed by atoms with van der Waals surface area (Å²) in [5.41, 5.74) is 0. The number of carboxylic acid groups (broad SMARTS) is 2. The Labute approximate surface area is 770 Å². The SMILES string of the molecule is CCCCCCCCCCCCC/C=C/[C@@H](O)[C@H](CO[C@@H]1OC(CO)[C@@H](O[C@@H]2OC(CO)[C@H](O[C@@H]3OC(CO)[C@H](O)[C@H](O[C@@H]4OC(CO)[C@H](O)[C@H](O[C@]5(C(=O)O)CC(O)[C@@H](NC(C)=O)C([C@H](O)[C@H](O)CO)O5)C4O)C3NC(C)=O)[C@H](O[C@]3(C(=O)O)CC(O)[C@@H](NC(=O)CO)C([C@H](O)[C@H](O)CO)O3)C2O)[C@H](O)C1O)NC(=O)CCCCCCCCCCCCCCCCCCCCC. The average molecular weight is 1910 g/mol. The van der Waals surface area contributed by atoms with Crippen molar-refractivity contribution in [2.75, 3.05) is 52.9 Å². The molecule has 6 fully saturated rings. The van der Waals surface area contributed by atoms with Gasteiger partial charge in [0.25, 0.3) is 11.6 Å². The highest BCUT2D eigenvalue weighted by atomic mass is 16.8. The standard InChI is InChI=1S/C88H156N4O40/c1-5-7-9-11-13-15-17-19-20-21-22-23-24-26-28-30-32-34-36-38-61(107)91-51(52(102)37-35-33-31-29-27-25-18-16-14-12-10-8-6-2)48-121-82-71(114)70(113)74(59(45-97)124-82)126-84-73(116)80(132-88(86(119)120)40-54(104)64(92-62(108)47-99)78(130-88)67(110)56(106)42-94)75(60(46-98)125-84)127-81-65(90-50(4)101)76(68(111)57(43-95)122-81)128-83-72(115)79(69(112)58(44-96)123-83)131-87(85(117)118)39-53(103)63(89-49(3)100)77(129-87)66(109)55(105)41-93/h35,37,51-60,63-84,93-99,102-106,109-116H,5-34,36,38-48H2,1-4H3,(H,89,100)(H,90,101)(H,91,107)(H,92,108)(H,117,118)(H,119,120)/b37-35+/t51-,52+,53?,54?,55+,56+,57?,58?,59?,60?,63+,64+,65?,66+,67+,68-,69-,70+,71?,72?,73?,74+,75-,76+,77?,78?,79-,80+,81-,82+,83-,84-,87-,88-/m0/s1. The molecule has 6 aliphatic heterocycles. The molecule has 4 amide bonds. The van der Waals surface area contributed by atoms with Gasteiger partial charge in [-0.05, 0) is 19.3 Å². The third-order valence-corrected chi connectivity index (χ3v) is 25.2. The summed E-state index contributed by atoms with van der Waals surface area (Å²) in [5, 5.41) is 257. The van der Waals surface area contributed by atoms with Crippen LogP contribution in [0.2, 0.25) is 0 Å². The number of hydrogen-bond acceptors (Lipinski definition) is 38. The van der Waals surface area contributed by atoms with E-state index in [0.29, 0.717) is 12.8 Å². The van der Waals surface area contributed by atoms with Gasteiger partial charge < -0.3 is 190 Å². The van der Waals surface area contributed by atoms with E-state index >= 15 is 0 Å². The van der Waals surface area contributed by atoms with Crippen LogP contribution in [0, 0.1) is 0 Å². The summed E-state index contributed by atoms with van der Waals surface area (Å²) in [4.78, 5) is 79.8. The van der Waals surface area contributed by atoms with Gasteiger partial charge in [0.2, 0.25) is 23.6 Å². The van der Waals surface area contributed by atoms with Gasteiger partial charge in [-0.3, -0.25) is 19.2 Å². The van der Waals surface area contributed by atoms with Crippen LogP contribution in [0.5, 0.6) is 0 Å². The molecule has 0 aromatic carbocycles. The zero-order valence-electron chi connectivity index (χ0n) is 76.5. The Kier molecular flexibility index (Phi) is 53.0. The van der Waals surface area contributed by atoms with Crippen molar-refractivity contribution in [3.63, 3.8) is 0 Å². The molecule has 26 N–H and O–H groups in total. The number of carbonyl (C=O) groups is 6. The largest absolute Gasteiger partial charge is 0.477 e. The lowest BCUT2D eigenvalue weighted by Crippen LogP contribution is -2.72. The second kappa shape index (κ2) is 60.3. The van der Waals surface area contributed by atoms with Crippen molar-refractivity contribution in [2.45, 2.75) is 453 Å². The number of allylic oxidation sites excluding steroid dienone is 1. The number of rotatable bonds is 64. The molecule has 132 heavy (non-hydrogen) atoms. The van der Waals surface area contributed by atoms with E-state index in [4.69, 9.17) is 56.8 Å². The molecular formula is C88H156N4O40. The smallest absolute Gasteiger partial charge is 0.364 e. The van der Waals surface area contributed by atoms with E-state index in [0.717, 1.165) is 78.1 Å². The first-order chi connectivity index (χ1) is 63.1. The van der Waals surface area contributed by atoms with Gasteiger partial charge in [-0.25, -0.2) is 9.59 Å². The van der Waals surface area contributed by atoms with Crippen molar-refractivity contribution in [1.82, 2.24) is 21.3 Å². The highest BCUT2D eigenvalue weighted by molar-refractivity contribution is 5.79. The minimum absolute atomic E-state index is 0.0883. The summed E-state index contributed by atoms with van der Waals surface area (Å²) in [6, 6.07) is -7.14. The van der Waals surface area contributed by atoms with Gasteiger partial charge in [-0.2, -0.15) is 0 Å². The van der Waals surface area contributed by atoms with Gasteiger partial charge in [-0.15, -0.1) is 0 Å². The molecule has 0 aliphatic carbocycles. The van der Waals surface area contributed by atoms with Crippen molar-refractivity contribution in [3.8, 4) is 0 Å². The summed E-state index contributed by atoms with van der Waals surface area (Å²) in [6.45, 7) is -3.20. The molecule has 6 rings (SSSR count). The van der Waals surface area contributed by atoms with Crippen molar-refractivity contribution in [2.24, 2.45) is 0 Å². The molecule has 6 aliphatic rings. The quantitative estimate of drug-likeness (QED) is 0.0209. The molecule has 12 unspecified atom stereocenters. The molecule has 6 heterocycles. The summed E-state index contributed by atoms with van der Waals surface area (Å²) in [7, 11) is 0. The maximum atomic E-state index is 14.1. The summed E-state index contributed by atoms with van der Waals surface area (Å²) in [6.07, 6.45) is -27.8. The van der Waals surface area contributed by atoms with Gasteiger partial charge in [-0.1, -0.05) is 206 Å². The van der Waals surface area contributed by atoms with Crippen LogP contribution in [0.25, 0.3) is 0 Å². The third-order valence-electron chi connectivity index (χ3n) is 25.2. The number of ether oxygens (including phenoxy) is 12. The van der Waals surface area contributed by atoms with E-state index in [1.54, 1.807) is 6.08 Å². The highest BCUT2D eigenvalue weighted by Gasteiger charge is 2.64. The number of aliphatic carboxylic acids is 2. The Morgan fingerprint density at radius 1 is 0.402 bits per heavy atom. The van der Waals surface area contributed by atoms with Crippen LogP contribution in [0.4, 0.5) is 0 Å². The number of unbranched alkanes of at least 4 members (excludes halogenated alkanes) is 29. The number of nitrogens with one attached hydrogen (secondary N) is 4. The van der Waals surface area contributed by atoms with Gasteiger partial charge in [0.1, 0.15) is 141 Å². The second-order valence-electron chi connectivity index (χ2n) is 35.7. The van der Waals surface area contributed by atoms with E-state index in [2.05, 4.69) is 35.1 Å². The Morgan fingerprint density at radius 2 is 0.773 bits per heavy atom. The molecule has 0 saturated carbocycles. The third kappa shape index (κ3) is 34.7. The van der Waals surface area contributed by atoms with E-state index in [9.17, 15) is 141 Å². The Morgan fingerprint density at radius 3 is 1.20 bits per heavy atom. The first-order valence-corrected chi connectivity index (χ1v) is 47.4. The molecule has 34 atom stereocenters. The van der Waals surface area contributed by atoms with Crippen molar-refractivity contribution in [1.29, 1.82) is 0 Å². The summed E-state index contributed by atoms with van der Waals surface area (Å²) < 4.78 is 72.3. The molecular weight excluding hydrogens is 1750 g/mol. The Bertz CT molecular complexity index is 3300. The van der Waals surface area contributed by atoms with Gasteiger partial charge in [0, 0.05) is 33.1 Å². The van der Waals surface area contributed by atoms with E-state index in [-0.39, 0.29) is 6.42 Å². The first-order valence-electron chi connectivity index (χ1n) is 47.4. The minimum atomic E-state index is -3.56. The van der Waals surface area contributed by atoms with E-state index in [1.807, 2.05) is 0 Å². The summed E-state index contributed by atoms with van der Waals surface area (Å²) in [5.74, 6) is -15.0. The van der Waals surface area contributed by atoms with Crippen LogP contribution in [-0.4, -0.2) is 408 Å². The number of amides is 4. The van der Waals surface area contributed by atoms with Crippen LogP contribution >= 0.6 is 0 Å². The van der Waals surface area contributed by atoms with Crippen LogP contribution < -0.4 is 21.3 Å². The maximum Gasteiger partial charge on any atom is 0.364 e. The predicted octanol–water partition coefficient (Wildman–Crippen LogP) is -3.34. The Balaban J connectivity index is 1.28. The zero-order valence-corrected chi connectivity index (χ0v) is 76.5. The summed E-state index contributed by atoms with van der Waals surface area (Å²) >= 11 is 0. The van der Waals surface area contributed by atoms with Crippen LogP contribution in [0.3, 0.4) is 0 Å². The topological polar surface area (TPSA) is 706 Å². The fourth-order valence-corrected chi connectivity index (χ4v) is 17.6. The first kappa shape index (κ1) is 116. The van der Waals surface area contributed by atoms with Crippen LogP contribution in [0.15, 0.2) is 12.2 Å². The van der Waals surface area contributed by atoms with E-state index in [1.165, 1.54) is 128 Å². The fraction of sp³-hybridized carbons (Fsp3) is 0.909. The van der Waals surface area contributed by atoms with Crippen LogP contribution in [-0.2, 0) is 85.6 Å². The molecule has 6 saturated heterocycles. The maximum absolute atomic E-state index is 14.1. The lowest BCUT2D eigenvalue weighted by Gasteiger charge is -2.53.